The molecule has 2 rings (SSSR count). The van der Waals surface area contributed by atoms with Gasteiger partial charge in [-0.05, 0) is 40.9 Å². The second-order valence-electron chi connectivity index (χ2n) is 4.94. The molecule has 110 valence electrons. The van der Waals surface area contributed by atoms with Crippen LogP contribution in [0.2, 0.25) is 0 Å². The highest BCUT2D eigenvalue weighted by molar-refractivity contribution is 9.10. The van der Waals surface area contributed by atoms with Crippen molar-refractivity contribution in [2.75, 3.05) is 5.32 Å². The minimum atomic E-state index is -0.397. The predicted molar refractivity (Wildman–Crippen MR) is 88.6 cm³/mol. The van der Waals surface area contributed by atoms with Gasteiger partial charge in [0.2, 0.25) is 0 Å². The van der Waals surface area contributed by atoms with Crippen LogP contribution in [0.15, 0.2) is 46.9 Å². The third-order valence-electron chi connectivity index (χ3n) is 3.38. The highest BCUT2D eigenvalue weighted by Crippen LogP contribution is 2.31. The number of anilines is 1. The Bertz CT molecular complexity index is 641. The standard InChI is InChI=1S/C16H17BrN2O2/c1-3-15(12-6-4-11(2)5-7-12)18-16-9-8-13(19(20)21)10-14(16)17/h4-10,15,18H,3H2,1-2H3. The van der Waals surface area contributed by atoms with Crippen molar-refractivity contribution in [2.45, 2.75) is 26.3 Å². The Kier molecular flexibility index (Phi) is 4.96. The van der Waals surface area contributed by atoms with E-state index in [1.807, 2.05) is 0 Å². The van der Waals surface area contributed by atoms with Crippen molar-refractivity contribution >= 4 is 27.3 Å². The molecule has 1 N–H and O–H groups in total. The van der Waals surface area contributed by atoms with Crippen molar-refractivity contribution in [1.82, 2.24) is 0 Å². The lowest BCUT2D eigenvalue weighted by molar-refractivity contribution is -0.384. The Hall–Kier alpha value is -1.88. The molecule has 21 heavy (non-hydrogen) atoms. The zero-order valence-electron chi connectivity index (χ0n) is 12.0. The first-order valence-electron chi connectivity index (χ1n) is 6.78. The van der Waals surface area contributed by atoms with E-state index in [2.05, 4.69) is 59.4 Å². The fourth-order valence-corrected chi connectivity index (χ4v) is 2.62. The summed E-state index contributed by atoms with van der Waals surface area (Å²) >= 11 is 3.39. The van der Waals surface area contributed by atoms with Gasteiger partial charge in [0.05, 0.1) is 11.0 Å². The first-order chi connectivity index (χ1) is 10.0. The van der Waals surface area contributed by atoms with Gasteiger partial charge in [-0.3, -0.25) is 10.1 Å². The minimum absolute atomic E-state index is 0.0795. The molecule has 2 aromatic rings. The summed E-state index contributed by atoms with van der Waals surface area (Å²) in [5.41, 5.74) is 3.36. The number of nitrogens with zero attached hydrogens (tertiary/aromatic N) is 1. The van der Waals surface area contributed by atoms with E-state index in [4.69, 9.17) is 0 Å². The third kappa shape index (κ3) is 3.82. The monoisotopic (exact) mass is 348 g/mol. The van der Waals surface area contributed by atoms with Gasteiger partial charge in [-0.1, -0.05) is 36.8 Å². The number of benzene rings is 2. The molecule has 1 atom stereocenters. The molecule has 0 radical (unpaired) electrons. The van der Waals surface area contributed by atoms with E-state index in [-0.39, 0.29) is 11.7 Å². The number of non-ortho nitro benzene ring substituents is 1. The van der Waals surface area contributed by atoms with Gasteiger partial charge >= 0.3 is 0 Å². The number of hydrogen-bond donors (Lipinski definition) is 1. The van der Waals surface area contributed by atoms with Crippen molar-refractivity contribution in [3.05, 3.63) is 68.2 Å². The van der Waals surface area contributed by atoms with Crippen LogP contribution in [0, 0.1) is 17.0 Å². The van der Waals surface area contributed by atoms with E-state index >= 15 is 0 Å². The van der Waals surface area contributed by atoms with Gasteiger partial charge < -0.3 is 5.32 Å². The summed E-state index contributed by atoms with van der Waals surface area (Å²) in [7, 11) is 0. The molecule has 0 bridgehead atoms. The second-order valence-corrected chi connectivity index (χ2v) is 5.79. The topological polar surface area (TPSA) is 55.2 Å². The van der Waals surface area contributed by atoms with Crippen LogP contribution in [0.5, 0.6) is 0 Å². The van der Waals surface area contributed by atoms with E-state index in [1.54, 1.807) is 6.07 Å². The molecule has 0 aromatic heterocycles. The average molecular weight is 349 g/mol. The maximum atomic E-state index is 10.8. The maximum absolute atomic E-state index is 10.8. The molecule has 0 saturated carbocycles. The van der Waals surface area contributed by atoms with E-state index in [1.165, 1.54) is 23.3 Å². The van der Waals surface area contributed by atoms with Gasteiger partial charge in [-0.25, -0.2) is 0 Å². The lowest BCUT2D eigenvalue weighted by atomic mass is 10.0. The highest BCUT2D eigenvalue weighted by atomic mass is 79.9. The van der Waals surface area contributed by atoms with Crippen LogP contribution in [0.3, 0.4) is 0 Å². The third-order valence-corrected chi connectivity index (χ3v) is 4.04. The predicted octanol–water partition coefficient (Wildman–Crippen LogP) is 5.23. The lowest BCUT2D eigenvalue weighted by Crippen LogP contribution is -2.10. The zero-order valence-corrected chi connectivity index (χ0v) is 13.6. The molecule has 0 aliphatic carbocycles. The molecule has 0 aliphatic heterocycles. The first-order valence-corrected chi connectivity index (χ1v) is 7.57. The van der Waals surface area contributed by atoms with Crippen LogP contribution < -0.4 is 5.32 Å². The molecule has 0 amide bonds. The van der Waals surface area contributed by atoms with Crippen molar-refractivity contribution in [3.8, 4) is 0 Å². The molecule has 0 spiro atoms. The van der Waals surface area contributed by atoms with Crippen LogP contribution in [0.25, 0.3) is 0 Å². The van der Waals surface area contributed by atoms with Gasteiger partial charge in [0.1, 0.15) is 0 Å². The first kappa shape index (κ1) is 15.5. The molecule has 1 unspecified atom stereocenters. The summed E-state index contributed by atoms with van der Waals surface area (Å²) < 4.78 is 0.697. The van der Waals surface area contributed by atoms with Gasteiger partial charge in [-0.2, -0.15) is 0 Å². The highest BCUT2D eigenvalue weighted by Gasteiger charge is 2.13. The molecule has 0 saturated heterocycles. The van der Waals surface area contributed by atoms with Crippen LogP contribution in [-0.4, -0.2) is 4.92 Å². The number of nitrogens with one attached hydrogen (secondary N) is 1. The van der Waals surface area contributed by atoms with Crippen molar-refractivity contribution in [3.63, 3.8) is 0 Å². The van der Waals surface area contributed by atoms with E-state index < -0.39 is 4.92 Å². The van der Waals surface area contributed by atoms with Crippen LogP contribution >= 0.6 is 15.9 Å². The largest absolute Gasteiger partial charge is 0.377 e. The second kappa shape index (κ2) is 6.72. The maximum Gasteiger partial charge on any atom is 0.270 e. The van der Waals surface area contributed by atoms with Gasteiger partial charge in [0.25, 0.3) is 5.69 Å². The summed E-state index contributed by atoms with van der Waals surface area (Å²) in [6, 6.07) is 13.3. The minimum Gasteiger partial charge on any atom is -0.377 e. The lowest BCUT2D eigenvalue weighted by Gasteiger charge is -2.20. The summed E-state index contributed by atoms with van der Waals surface area (Å²) in [4.78, 5) is 10.4. The van der Waals surface area contributed by atoms with Crippen LogP contribution in [-0.2, 0) is 0 Å². The number of hydrogen-bond acceptors (Lipinski definition) is 3. The number of nitro benzene ring substituents is 1. The molecule has 5 heteroatoms. The molecule has 0 heterocycles. The average Bonchev–Trinajstić information content (AvgIpc) is 2.47. The Morgan fingerprint density at radius 2 is 1.90 bits per heavy atom. The zero-order chi connectivity index (χ0) is 15.4. The fraction of sp³-hybridized carbons (Fsp3) is 0.250. The van der Waals surface area contributed by atoms with Crippen molar-refractivity contribution in [1.29, 1.82) is 0 Å². The summed E-state index contributed by atoms with van der Waals surface area (Å²) in [5, 5.41) is 14.2. The van der Waals surface area contributed by atoms with E-state index in [0.717, 1.165) is 12.1 Å². The molecular weight excluding hydrogens is 332 g/mol. The Morgan fingerprint density at radius 1 is 1.24 bits per heavy atom. The Labute approximate surface area is 132 Å². The fourth-order valence-electron chi connectivity index (χ4n) is 2.14. The van der Waals surface area contributed by atoms with Gasteiger partial charge in [0, 0.05) is 22.3 Å². The number of nitro groups is 1. The summed E-state index contributed by atoms with van der Waals surface area (Å²) in [5.74, 6) is 0. The van der Waals surface area contributed by atoms with Gasteiger partial charge in [0.15, 0.2) is 0 Å². The van der Waals surface area contributed by atoms with Crippen LogP contribution in [0.4, 0.5) is 11.4 Å². The number of aryl methyl sites for hydroxylation is 1. The molecule has 4 nitrogen and oxygen atoms in total. The quantitative estimate of drug-likeness (QED) is 0.594. The summed E-state index contributed by atoms with van der Waals surface area (Å²) in [6.07, 6.45) is 0.923. The number of halogens is 1. The molecule has 0 aliphatic rings. The molecular formula is C16H17BrN2O2. The van der Waals surface area contributed by atoms with E-state index in [9.17, 15) is 10.1 Å². The SMILES string of the molecule is CCC(Nc1ccc([N+](=O)[O-])cc1Br)c1ccc(C)cc1. The van der Waals surface area contributed by atoms with E-state index in [0.29, 0.717) is 4.47 Å². The normalized spacial score (nSPS) is 12.0. The smallest absolute Gasteiger partial charge is 0.270 e. The van der Waals surface area contributed by atoms with Gasteiger partial charge in [-0.15, -0.1) is 0 Å². The Morgan fingerprint density at radius 3 is 2.43 bits per heavy atom. The number of rotatable bonds is 5. The van der Waals surface area contributed by atoms with Crippen molar-refractivity contribution in [2.24, 2.45) is 0 Å². The molecule has 0 fully saturated rings. The van der Waals surface area contributed by atoms with Crippen LogP contribution in [0.1, 0.15) is 30.5 Å². The summed E-state index contributed by atoms with van der Waals surface area (Å²) in [6.45, 7) is 4.17. The molecule has 2 aromatic carbocycles. The van der Waals surface area contributed by atoms with Crippen molar-refractivity contribution < 1.29 is 4.92 Å². The Balaban J connectivity index is 2.22.